The van der Waals surface area contributed by atoms with Crippen LogP contribution >= 0.6 is 24.2 Å². The van der Waals surface area contributed by atoms with Crippen molar-refractivity contribution in [3.8, 4) is 0 Å². The largest absolute Gasteiger partial charge is 0.378 e. The maximum Gasteiger partial charge on any atom is 0.241 e. The fourth-order valence-electron chi connectivity index (χ4n) is 3.25. The third-order valence-corrected chi connectivity index (χ3v) is 6.17. The molecular weight excluding hydrogens is 356 g/mol. The van der Waals surface area contributed by atoms with Gasteiger partial charge in [0.2, 0.25) is 5.91 Å². The first-order valence-electron chi connectivity index (χ1n) is 8.70. The van der Waals surface area contributed by atoms with Gasteiger partial charge in [0, 0.05) is 23.3 Å². The summed E-state index contributed by atoms with van der Waals surface area (Å²) in [6.07, 6.45) is 0.609. The highest BCUT2D eigenvalue weighted by Gasteiger charge is 2.62. The van der Waals surface area contributed by atoms with E-state index >= 15 is 0 Å². The van der Waals surface area contributed by atoms with Crippen LogP contribution in [0.3, 0.4) is 0 Å². The summed E-state index contributed by atoms with van der Waals surface area (Å²) in [5.74, 6) is 0.959. The van der Waals surface area contributed by atoms with E-state index in [1.807, 2.05) is 39.5 Å². The van der Waals surface area contributed by atoms with Gasteiger partial charge < -0.3 is 15.8 Å². The quantitative estimate of drug-likeness (QED) is 0.697. The standard InChI is InChI=1S/C19H30N2O2S.ClH/c1-6-23-16-12-19(20,18(16,4)5)17(22)21-13(3)14-8-10-15(11-9-14)24-7-2;/h8-11,13,16H,6-7,12,20H2,1-5H3,(H,21,22);1H. The SMILES string of the molecule is CCOC1CC(N)(C(=O)NC(C)c2ccc(SCC)cc2)C1(C)C.Cl. The van der Waals surface area contributed by atoms with Crippen LogP contribution in [0.15, 0.2) is 29.2 Å². The Morgan fingerprint density at radius 2 is 1.96 bits per heavy atom. The van der Waals surface area contributed by atoms with Gasteiger partial charge in [0.15, 0.2) is 0 Å². The molecule has 142 valence electrons. The van der Waals surface area contributed by atoms with E-state index in [9.17, 15) is 4.79 Å². The molecule has 1 aromatic carbocycles. The molecule has 0 heterocycles. The Kier molecular flexibility index (Phi) is 7.81. The van der Waals surface area contributed by atoms with Gasteiger partial charge in [-0.15, -0.1) is 24.2 Å². The molecule has 25 heavy (non-hydrogen) atoms. The lowest BCUT2D eigenvalue weighted by atomic mass is 9.54. The monoisotopic (exact) mass is 386 g/mol. The zero-order valence-electron chi connectivity index (χ0n) is 15.8. The van der Waals surface area contributed by atoms with E-state index in [2.05, 4.69) is 36.5 Å². The topological polar surface area (TPSA) is 64.3 Å². The van der Waals surface area contributed by atoms with Crippen LogP contribution in [-0.2, 0) is 9.53 Å². The molecule has 0 saturated heterocycles. The summed E-state index contributed by atoms with van der Waals surface area (Å²) in [5.41, 5.74) is 6.29. The van der Waals surface area contributed by atoms with Crippen molar-refractivity contribution >= 4 is 30.1 Å². The lowest BCUT2D eigenvalue weighted by Crippen LogP contribution is -2.75. The summed E-state index contributed by atoms with van der Waals surface area (Å²) >= 11 is 1.81. The van der Waals surface area contributed by atoms with Crippen molar-refractivity contribution < 1.29 is 9.53 Å². The van der Waals surface area contributed by atoms with Crippen molar-refractivity contribution in [3.05, 3.63) is 29.8 Å². The Hall–Kier alpha value is -0.750. The molecule has 0 aliphatic heterocycles. The van der Waals surface area contributed by atoms with Crippen LogP contribution in [0.2, 0.25) is 0 Å². The van der Waals surface area contributed by atoms with Gasteiger partial charge in [0.1, 0.15) is 5.54 Å². The molecule has 0 bridgehead atoms. The van der Waals surface area contributed by atoms with E-state index in [0.29, 0.717) is 13.0 Å². The van der Waals surface area contributed by atoms with Gasteiger partial charge in [-0.1, -0.05) is 32.9 Å². The average molecular weight is 387 g/mol. The van der Waals surface area contributed by atoms with E-state index in [-0.39, 0.29) is 35.9 Å². The summed E-state index contributed by atoms with van der Waals surface area (Å²) in [5, 5.41) is 3.08. The maximum absolute atomic E-state index is 12.8. The van der Waals surface area contributed by atoms with Crippen molar-refractivity contribution in [1.29, 1.82) is 0 Å². The second-order valence-corrected chi connectivity index (χ2v) is 8.38. The minimum atomic E-state index is -0.876. The van der Waals surface area contributed by atoms with Crippen LogP contribution in [0.5, 0.6) is 0 Å². The van der Waals surface area contributed by atoms with Crippen molar-refractivity contribution in [2.45, 2.75) is 63.6 Å². The van der Waals surface area contributed by atoms with E-state index in [1.165, 1.54) is 4.90 Å². The molecule has 1 amide bonds. The van der Waals surface area contributed by atoms with Crippen molar-refractivity contribution in [3.63, 3.8) is 0 Å². The Morgan fingerprint density at radius 3 is 2.44 bits per heavy atom. The molecule has 4 nitrogen and oxygen atoms in total. The van der Waals surface area contributed by atoms with E-state index in [4.69, 9.17) is 10.5 Å². The molecule has 1 fully saturated rings. The summed E-state index contributed by atoms with van der Waals surface area (Å²) in [7, 11) is 0. The summed E-state index contributed by atoms with van der Waals surface area (Å²) in [6, 6.07) is 8.27. The predicted molar refractivity (Wildman–Crippen MR) is 107 cm³/mol. The molecule has 1 saturated carbocycles. The molecule has 1 aliphatic rings. The van der Waals surface area contributed by atoms with Crippen LogP contribution in [0.25, 0.3) is 0 Å². The van der Waals surface area contributed by atoms with E-state index < -0.39 is 5.54 Å². The smallest absolute Gasteiger partial charge is 0.241 e. The number of carbonyl (C=O) groups excluding carboxylic acids is 1. The zero-order valence-corrected chi connectivity index (χ0v) is 17.4. The number of hydrogen-bond acceptors (Lipinski definition) is 4. The van der Waals surface area contributed by atoms with Crippen LogP contribution in [0, 0.1) is 5.41 Å². The van der Waals surface area contributed by atoms with Gasteiger partial charge >= 0.3 is 0 Å². The molecule has 1 aromatic rings. The molecule has 3 N–H and O–H groups in total. The number of hydrogen-bond donors (Lipinski definition) is 2. The lowest BCUT2D eigenvalue weighted by Gasteiger charge is -2.57. The van der Waals surface area contributed by atoms with Crippen LogP contribution in [0.4, 0.5) is 0 Å². The van der Waals surface area contributed by atoms with E-state index in [1.54, 1.807) is 0 Å². The minimum Gasteiger partial charge on any atom is -0.378 e. The van der Waals surface area contributed by atoms with Crippen molar-refractivity contribution in [2.24, 2.45) is 11.1 Å². The predicted octanol–water partition coefficient (Wildman–Crippen LogP) is 3.93. The van der Waals surface area contributed by atoms with Crippen molar-refractivity contribution in [2.75, 3.05) is 12.4 Å². The van der Waals surface area contributed by atoms with Crippen LogP contribution < -0.4 is 11.1 Å². The fraction of sp³-hybridized carbons (Fsp3) is 0.632. The Labute approximate surface area is 162 Å². The highest BCUT2D eigenvalue weighted by Crippen LogP contribution is 2.50. The Balaban J connectivity index is 0.00000312. The molecule has 1 aliphatic carbocycles. The van der Waals surface area contributed by atoms with Crippen LogP contribution in [-0.4, -0.2) is 29.9 Å². The molecule has 3 atom stereocenters. The molecule has 0 aromatic heterocycles. The number of halogens is 1. The highest BCUT2D eigenvalue weighted by molar-refractivity contribution is 7.99. The maximum atomic E-state index is 12.8. The van der Waals surface area contributed by atoms with Gasteiger partial charge in [-0.05, 0) is 37.3 Å². The first kappa shape index (κ1) is 22.3. The molecule has 6 heteroatoms. The first-order chi connectivity index (χ1) is 11.3. The van der Waals surface area contributed by atoms with Gasteiger partial charge in [-0.3, -0.25) is 4.79 Å². The number of benzene rings is 1. The molecule has 0 radical (unpaired) electrons. The summed E-state index contributed by atoms with van der Waals surface area (Å²) in [4.78, 5) is 14.0. The number of amides is 1. The average Bonchev–Trinajstić information content (AvgIpc) is 2.55. The normalized spacial score (nSPS) is 25.4. The Bertz CT molecular complexity index is 579. The zero-order chi connectivity index (χ0) is 18.0. The number of carbonyl (C=O) groups is 1. The number of thioether (sulfide) groups is 1. The number of nitrogens with one attached hydrogen (secondary N) is 1. The third kappa shape index (κ3) is 4.33. The van der Waals surface area contributed by atoms with E-state index in [0.717, 1.165) is 11.3 Å². The molecule has 3 unspecified atom stereocenters. The molecular formula is C19H31ClN2O2S. The second-order valence-electron chi connectivity index (χ2n) is 7.04. The number of ether oxygens (including phenoxy) is 1. The summed E-state index contributed by atoms with van der Waals surface area (Å²) in [6.45, 7) is 10.8. The minimum absolute atomic E-state index is 0. The second kappa shape index (κ2) is 8.76. The third-order valence-electron chi connectivity index (χ3n) is 5.27. The Morgan fingerprint density at radius 1 is 1.36 bits per heavy atom. The van der Waals surface area contributed by atoms with Gasteiger partial charge in [-0.25, -0.2) is 0 Å². The lowest BCUT2D eigenvalue weighted by molar-refractivity contribution is -0.171. The van der Waals surface area contributed by atoms with Gasteiger partial charge in [-0.2, -0.15) is 0 Å². The number of rotatable bonds is 7. The molecule has 2 rings (SSSR count). The highest BCUT2D eigenvalue weighted by atomic mass is 35.5. The number of nitrogens with two attached hydrogens (primary N) is 1. The molecule has 0 spiro atoms. The fourth-order valence-corrected chi connectivity index (χ4v) is 3.91. The first-order valence-corrected chi connectivity index (χ1v) is 9.69. The van der Waals surface area contributed by atoms with Crippen molar-refractivity contribution in [1.82, 2.24) is 5.32 Å². The van der Waals surface area contributed by atoms with Crippen LogP contribution in [0.1, 0.15) is 52.6 Å². The van der Waals surface area contributed by atoms with Gasteiger partial charge in [0.25, 0.3) is 0 Å². The summed E-state index contributed by atoms with van der Waals surface area (Å²) < 4.78 is 5.70. The van der Waals surface area contributed by atoms with Gasteiger partial charge in [0.05, 0.1) is 12.1 Å².